The first-order valence-corrected chi connectivity index (χ1v) is 8.82. The van der Waals surface area contributed by atoms with Crippen LogP contribution in [0.25, 0.3) is 0 Å². The summed E-state index contributed by atoms with van der Waals surface area (Å²) >= 11 is 0. The van der Waals surface area contributed by atoms with Crippen LogP contribution in [0.3, 0.4) is 0 Å². The summed E-state index contributed by atoms with van der Waals surface area (Å²) < 4.78 is 42.8. The molecule has 10 heteroatoms. The van der Waals surface area contributed by atoms with Crippen molar-refractivity contribution in [3.05, 3.63) is 59.5 Å². The van der Waals surface area contributed by atoms with Gasteiger partial charge >= 0.3 is 6.18 Å². The number of furan rings is 1. The molecule has 3 amide bonds. The van der Waals surface area contributed by atoms with Gasteiger partial charge in [-0.1, -0.05) is 0 Å². The van der Waals surface area contributed by atoms with E-state index in [0.29, 0.717) is 0 Å². The van der Waals surface area contributed by atoms with Gasteiger partial charge in [0.25, 0.3) is 11.8 Å². The molecule has 1 N–H and O–H groups in total. The quantitative estimate of drug-likeness (QED) is 0.838. The maximum atomic E-state index is 12.6. The van der Waals surface area contributed by atoms with E-state index >= 15 is 0 Å². The number of nitrogens with one attached hydrogen (secondary N) is 1. The maximum absolute atomic E-state index is 12.6. The molecule has 0 aliphatic carbocycles. The summed E-state index contributed by atoms with van der Waals surface area (Å²) in [5, 5.41) is 2.46. The molecule has 0 bridgehead atoms. The molecule has 1 aliphatic rings. The molecule has 2 heterocycles. The summed E-state index contributed by atoms with van der Waals surface area (Å²) in [6, 6.07) is 7.07. The highest BCUT2D eigenvalue weighted by atomic mass is 19.4. The zero-order valence-corrected chi connectivity index (χ0v) is 15.2. The predicted octanol–water partition coefficient (Wildman–Crippen LogP) is 2.01. The lowest BCUT2D eigenvalue weighted by atomic mass is 10.1. The van der Waals surface area contributed by atoms with Gasteiger partial charge in [-0.25, -0.2) is 0 Å². The van der Waals surface area contributed by atoms with E-state index in [1.807, 2.05) is 0 Å². The molecule has 29 heavy (non-hydrogen) atoms. The third-order valence-corrected chi connectivity index (χ3v) is 4.52. The van der Waals surface area contributed by atoms with Crippen molar-refractivity contribution in [1.29, 1.82) is 0 Å². The summed E-state index contributed by atoms with van der Waals surface area (Å²) in [5.41, 5.74) is -0.662. The topological polar surface area (TPSA) is 82.9 Å². The van der Waals surface area contributed by atoms with Crippen LogP contribution in [0.2, 0.25) is 0 Å². The van der Waals surface area contributed by atoms with E-state index in [4.69, 9.17) is 4.42 Å². The zero-order chi connectivity index (χ0) is 21.0. The molecule has 0 saturated carbocycles. The Balaban J connectivity index is 1.48. The summed E-state index contributed by atoms with van der Waals surface area (Å²) in [6.07, 6.45) is -3.11. The first-order chi connectivity index (χ1) is 13.8. The van der Waals surface area contributed by atoms with Crippen LogP contribution in [0.5, 0.6) is 0 Å². The molecule has 1 aromatic heterocycles. The van der Waals surface area contributed by atoms with E-state index < -0.39 is 23.6 Å². The second-order valence-electron chi connectivity index (χ2n) is 6.41. The molecule has 154 valence electrons. The Kier molecular flexibility index (Phi) is 5.90. The highest BCUT2D eigenvalue weighted by molar-refractivity contribution is 5.95. The van der Waals surface area contributed by atoms with Crippen molar-refractivity contribution < 1.29 is 32.0 Å². The van der Waals surface area contributed by atoms with Crippen molar-refractivity contribution in [1.82, 2.24) is 15.1 Å². The first-order valence-electron chi connectivity index (χ1n) is 8.82. The fourth-order valence-corrected chi connectivity index (χ4v) is 2.91. The number of carbonyl (C=O) groups excluding carboxylic acids is 3. The number of nitrogens with zero attached hydrogens (tertiary/aromatic N) is 2. The van der Waals surface area contributed by atoms with E-state index in [1.54, 1.807) is 6.07 Å². The van der Waals surface area contributed by atoms with Crippen LogP contribution in [0.15, 0.2) is 47.1 Å². The molecule has 1 fully saturated rings. The molecule has 2 aromatic rings. The lowest BCUT2D eigenvalue weighted by molar-refractivity contribution is -0.137. The summed E-state index contributed by atoms with van der Waals surface area (Å²) in [5.74, 6) is -1.09. The smallest absolute Gasteiger partial charge is 0.416 e. The van der Waals surface area contributed by atoms with Crippen LogP contribution in [0.1, 0.15) is 26.5 Å². The van der Waals surface area contributed by atoms with Crippen LogP contribution >= 0.6 is 0 Å². The monoisotopic (exact) mass is 409 g/mol. The number of hydrogen-bond acceptors (Lipinski definition) is 4. The van der Waals surface area contributed by atoms with Gasteiger partial charge in [0.2, 0.25) is 5.91 Å². The Morgan fingerprint density at radius 3 is 2.14 bits per heavy atom. The number of carbonyl (C=O) groups is 3. The first kappa shape index (κ1) is 20.4. The van der Waals surface area contributed by atoms with Gasteiger partial charge in [-0.05, 0) is 36.4 Å². The average molecular weight is 409 g/mol. The summed E-state index contributed by atoms with van der Waals surface area (Å²) in [4.78, 5) is 39.4. The SMILES string of the molecule is O=C(NCC(=O)N1CCN(C(=O)c2ccc(C(F)(F)F)cc2)CC1)c1ccco1. The fourth-order valence-electron chi connectivity index (χ4n) is 2.91. The lowest BCUT2D eigenvalue weighted by Crippen LogP contribution is -2.52. The molecule has 0 unspecified atom stereocenters. The predicted molar refractivity (Wildman–Crippen MR) is 95.0 cm³/mol. The Morgan fingerprint density at radius 2 is 1.59 bits per heavy atom. The van der Waals surface area contributed by atoms with Crippen LogP contribution in [-0.2, 0) is 11.0 Å². The molecular formula is C19H18F3N3O4. The molecule has 3 rings (SSSR count). The van der Waals surface area contributed by atoms with Gasteiger partial charge in [0.15, 0.2) is 5.76 Å². The zero-order valence-electron chi connectivity index (χ0n) is 15.2. The van der Waals surface area contributed by atoms with Gasteiger partial charge in [-0.15, -0.1) is 0 Å². The van der Waals surface area contributed by atoms with E-state index in [1.165, 1.54) is 22.1 Å². The molecule has 1 aromatic carbocycles. The molecule has 0 atom stereocenters. The van der Waals surface area contributed by atoms with E-state index in [-0.39, 0.29) is 50.0 Å². The van der Waals surface area contributed by atoms with Gasteiger partial charge in [0.05, 0.1) is 18.4 Å². The number of amides is 3. The minimum absolute atomic E-state index is 0.102. The number of hydrogen-bond donors (Lipinski definition) is 1. The van der Waals surface area contributed by atoms with Crippen molar-refractivity contribution >= 4 is 17.7 Å². The van der Waals surface area contributed by atoms with E-state index in [0.717, 1.165) is 24.3 Å². The fraction of sp³-hybridized carbons (Fsp3) is 0.316. The van der Waals surface area contributed by atoms with Crippen LogP contribution in [0.4, 0.5) is 13.2 Å². The summed E-state index contributed by atoms with van der Waals surface area (Å²) in [6.45, 7) is 0.825. The second-order valence-corrected chi connectivity index (χ2v) is 6.41. The van der Waals surface area contributed by atoms with Gasteiger partial charge in [0, 0.05) is 31.7 Å². The molecule has 0 spiro atoms. The molecule has 1 saturated heterocycles. The average Bonchev–Trinajstić information content (AvgIpc) is 3.26. The van der Waals surface area contributed by atoms with Crippen molar-refractivity contribution in [2.24, 2.45) is 0 Å². The number of benzene rings is 1. The van der Waals surface area contributed by atoms with Gasteiger partial charge in [-0.2, -0.15) is 13.2 Å². The molecule has 1 aliphatic heterocycles. The van der Waals surface area contributed by atoms with Crippen molar-refractivity contribution in [2.75, 3.05) is 32.7 Å². The van der Waals surface area contributed by atoms with Crippen molar-refractivity contribution in [2.45, 2.75) is 6.18 Å². The third kappa shape index (κ3) is 4.95. The van der Waals surface area contributed by atoms with Crippen LogP contribution < -0.4 is 5.32 Å². The number of halogens is 3. The number of piperazine rings is 1. The number of rotatable bonds is 4. The normalized spacial score (nSPS) is 14.6. The maximum Gasteiger partial charge on any atom is 0.416 e. The van der Waals surface area contributed by atoms with Gasteiger partial charge < -0.3 is 19.5 Å². The highest BCUT2D eigenvalue weighted by Crippen LogP contribution is 2.29. The Hall–Kier alpha value is -3.30. The van der Waals surface area contributed by atoms with Crippen LogP contribution in [0, 0.1) is 0 Å². The number of alkyl halides is 3. The molecule has 0 radical (unpaired) electrons. The molecular weight excluding hydrogens is 391 g/mol. The van der Waals surface area contributed by atoms with Gasteiger partial charge in [0.1, 0.15) is 0 Å². The molecule has 7 nitrogen and oxygen atoms in total. The van der Waals surface area contributed by atoms with E-state index in [9.17, 15) is 27.6 Å². The van der Waals surface area contributed by atoms with Gasteiger partial charge in [-0.3, -0.25) is 14.4 Å². The Labute approximate surface area is 164 Å². The standard InChI is InChI=1S/C19H18F3N3O4/c20-19(21,22)14-5-3-13(4-6-14)18(28)25-9-7-24(8-10-25)16(26)12-23-17(27)15-2-1-11-29-15/h1-6,11H,7-10,12H2,(H,23,27). The Morgan fingerprint density at radius 1 is 0.966 bits per heavy atom. The van der Waals surface area contributed by atoms with E-state index in [2.05, 4.69) is 5.32 Å². The lowest BCUT2D eigenvalue weighted by Gasteiger charge is -2.34. The summed E-state index contributed by atoms with van der Waals surface area (Å²) in [7, 11) is 0. The minimum Gasteiger partial charge on any atom is -0.459 e. The third-order valence-electron chi connectivity index (χ3n) is 4.52. The highest BCUT2D eigenvalue weighted by Gasteiger charge is 2.31. The largest absolute Gasteiger partial charge is 0.459 e. The van der Waals surface area contributed by atoms with Crippen molar-refractivity contribution in [3.8, 4) is 0 Å². The minimum atomic E-state index is -4.46. The Bertz CT molecular complexity index is 871. The second kappa shape index (κ2) is 8.38. The van der Waals surface area contributed by atoms with Crippen LogP contribution in [-0.4, -0.2) is 60.2 Å². The van der Waals surface area contributed by atoms with Crippen molar-refractivity contribution in [3.63, 3.8) is 0 Å².